The van der Waals surface area contributed by atoms with Gasteiger partial charge in [-0.3, -0.25) is 0 Å². The van der Waals surface area contributed by atoms with Crippen molar-refractivity contribution in [1.82, 2.24) is 0 Å². The Hall–Kier alpha value is -1.18. The molecule has 0 saturated carbocycles. The van der Waals surface area contributed by atoms with Crippen molar-refractivity contribution in [2.45, 2.75) is 114 Å². The fraction of sp³-hybridized carbons (Fsp3) is 0.913. The predicted molar refractivity (Wildman–Crippen MR) is 119 cm³/mol. The number of hydrogen-bond donors (Lipinski definition) is 7. The Morgan fingerprint density at radius 2 is 1.35 bits per heavy atom. The first-order chi connectivity index (χ1) is 16.3. The highest BCUT2D eigenvalue weighted by molar-refractivity contribution is 5.09. The summed E-state index contributed by atoms with van der Waals surface area (Å²) < 4.78 is 21.7. The molecule has 0 radical (unpaired) electrons. The quantitative estimate of drug-likeness (QED) is 0.155. The van der Waals surface area contributed by atoms with E-state index in [-0.39, 0.29) is 12.6 Å². The van der Waals surface area contributed by atoms with E-state index < -0.39 is 68.0 Å². The van der Waals surface area contributed by atoms with Crippen molar-refractivity contribution in [2.75, 3.05) is 19.8 Å². The van der Waals surface area contributed by atoms with E-state index in [0.717, 1.165) is 25.7 Å². The Bertz CT molecular complexity index is 599. The molecule has 2 heterocycles. The van der Waals surface area contributed by atoms with Crippen LogP contribution >= 0.6 is 0 Å². The molecule has 2 rings (SSSR count). The van der Waals surface area contributed by atoms with Crippen molar-refractivity contribution in [2.24, 2.45) is 0 Å². The monoisotopic (exact) mass is 494 g/mol. The second kappa shape index (κ2) is 15.0. The van der Waals surface area contributed by atoms with E-state index in [2.05, 4.69) is 6.92 Å². The SMILES string of the molecule is CCCCCCCCCCCOC1=C(O)[C@@H](O)[C@H](O[C@H]2O[C@H](CO)[C@@H](O)[C@H](O)[C@H]2O)[C@@H](CO)O1. The van der Waals surface area contributed by atoms with Crippen molar-refractivity contribution in [3.8, 4) is 0 Å². The third kappa shape index (κ3) is 7.92. The molecule has 8 atom stereocenters. The zero-order chi connectivity index (χ0) is 25.1. The lowest BCUT2D eigenvalue weighted by Gasteiger charge is -2.43. The topological polar surface area (TPSA) is 179 Å². The fourth-order valence-corrected chi connectivity index (χ4v) is 4.07. The van der Waals surface area contributed by atoms with Crippen LogP contribution in [0.25, 0.3) is 0 Å². The summed E-state index contributed by atoms with van der Waals surface area (Å²) in [6.45, 7) is 1.19. The van der Waals surface area contributed by atoms with Gasteiger partial charge in [-0.1, -0.05) is 58.3 Å². The molecular weight excluding hydrogens is 452 g/mol. The lowest BCUT2D eigenvalue weighted by Crippen LogP contribution is -2.61. The Morgan fingerprint density at radius 1 is 0.765 bits per heavy atom. The highest BCUT2D eigenvalue weighted by atomic mass is 16.7. The summed E-state index contributed by atoms with van der Waals surface area (Å²) in [4.78, 5) is 0. The third-order valence-corrected chi connectivity index (χ3v) is 6.23. The molecule has 11 nitrogen and oxygen atoms in total. The van der Waals surface area contributed by atoms with E-state index in [9.17, 15) is 35.7 Å². The van der Waals surface area contributed by atoms with E-state index in [0.29, 0.717) is 0 Å². The Kier molecular flexibility index (Phi) is 12.9. The van der Waals surface area contributed by atoms with Crippen LogP contribution in [0.2, 0.25) is 0 Å². The van der Waals surface area contributed by atoms with Crippen LogP contribution in [0.1, 0.15) is 64.7 Å². The summed E-state index contributed by atoms with van der Waals surface area (Å²) in [5.74, 6) is -0.935. The maximum Gasteiger partial charge on any atom is 0.322 e. The number of aliphatic hydroxyl groups excluding tert-OH is 7. The molecule has 0 aromatic heterocycles. The molecule has 0 aromatic rings. The Labute approximate surface area is 200 Å². The first-order valence-corrected chi connectivity index (χ1v) is 12.3. The van der Waals surface area contributed by atoms with Crippen LogP contribution in [-0.4, -0.2) is 105 Å². The zero-order valence-electron chi connectivity index (χ0n) is 19.9. The summed E-state index contributed by atoms with van der Waals surface area (Å²) in [6.07, 6.45) is -1.76. The van der Waals surface area contributed by atoms with Gasteiger partial charge in [0.1, 0.15) is 36.6 Å². The molecule has 0 bridgehead atoms. The second-order valence-corrected chi connectivity index (χ2v) is 8.93. The molecule has 2 aliphatic rings. The molecule has 1 saturated heterocycles. The van der Waals surface area contributed by atoms with Crippen LogP contribution < -0.4 is 0 Å². The summed E-state index contributed by atoms with van der Waals surface area (Å²) in [5.41, 5.74) is 0. The van der Waals surface area contributed by atoms with Crippen LogP contribution in [0.5, 0.6) is 0 Å². The number of rotatable bonds is 15. The van der Waals surface area contributed by atoms with E-state index >= 15 is 0 Å². The molecule has 7 N–H and O–H groups in total. The lowest BCUT2D eigenvalue weighted by molar-refractivity contribution is -0.328. The molecule has 11 heteroatoms. The summed E-state index contributed by atoms with van der Waals surface area (Å²) in [7, 11) is 0. The normalized spacial score (nSPS) is 34.2. The average molecular weight is 495 g/mol. The molecule has 0 aliphatic carbocycles. The van der Waals surface area contributed by atoms with Crippen LogP contribution in [0.15, 0.2) is 11.7 Å². The minimum Gasteiger partial charge on any atom is -0.504 e. The van der Waals surface area contributed by atoms with E-state index in [4.69, 9.17) is 18.9 Å². The van der Waals surface area contributed by atoms with Gasteiger partial charge in [0.15, 0.2) is 12.4 Å². The molecule has 0 unspecified atom stereocenters. The summed E-state index contributed by atoms with van der Waals surface area (Å²) in [5, 5.41) is 69.8. The van der Waals surface area contributed by atoms with Crippen molar-refractivity contribution in [3.05, 3.63) is 11.7 Å². The predicted octanol–water partition coefficient (Wildman–Crippen LogP) is 0.198. The van der Waals surface area contributed by atoms with Gasteiger partial charge in [-0.25, -0.2) is 0 Å². The van der Waals surface area contributed by atoms with Gasteiger partial charge in [-0.2, -0.15) is 0 Å². The number of hydrogen-bond acceptors (Lipinski definition) is 11. The van der Waals surface area contributed by atoms with Crippen molar-refractivity contribution < 1.29 is 54.7 Å². The van der Waals surface area contributed by atoms with Crippen molar-refractivity contribution in [1.29, 1.82) is 0 Å². The highest BCUT2D eigenvalue weighted by Crippen LogP contribution is 2.30. The van der Waals surface area contributed by atoms with Crippen molar-refractivity contribution >= 4 is 0 Å². The van der Waals surface area contributed by atoms with Crippen LogP contribution in [0.4, 0.5) is 0 Å². The van der Waals surface area contributed by atoms with E-state index in [1.165, 1.54) is 32.1 Å². The van der Waals surface area contributed by atoms with Crippen LogP contribution in [0.3, 0.4) is 0 Å². The minimum atomic E-state index is -1.71. The molecule has 0 amide bonds. The van der Waals surface area contributed by atoms with E-state index in [1.54, 1.807) is 0 Å². The van der Waals surface area contributed by atoms with Gasteiger partial charge < -0.3 is 54.7 Å². The Balaban J connectivity index is 1.83. The molecule has 0 aromatic carbocycles. The summed E-state index contributed by atoms with van der Waals surface area (Å²) in [6, 6.07) is 0. The van der Waals surface area contributed by atoms with Gasteiger partial charge in [-0.15, -0.1) is 0 Å². The molecule has 2 aliphatic heterocycles. The Morgan fingerprint density at radius 3 is 1.94 bits per heavy atom. The standard InChI is InChI=1S/C23H42O11/c1-2-3-4-5-6-7-8-9-10-11-31-22-20(30)18(28)21(15(13-25)33-22)34-23-19(29)17(27)16(26)14(12-24)32-23/h14-19,21,23-30H,2-13H2,1H3/t14-,15-,16-,17+,18-,19-,21-,23-/m1/s1. The largest absolute Gasteiger partial charge is 0.504 e. The minimum absolute atomic E-state index is 0.262. The smallest absolute Gasteiger partial charge is 0.322 e. The molecule has 1 fully saturated rings. The first-order valence-electron chi connectivity index (χ1n) is 12.3. The molecule has 200 valence electrons. The van der Waals surface area contributed by atoms with Crippen molar-refractivity contribution in [3.63, 3.8) is 0 Å². The van der Waals surface area contributed by atoms with Gasteiger partial charge in [0, 0.05) is 0 Å². The molecular formula is C23H42O11. The zero-order valence-corrected chi connectivity index (χ0v) is 19.9. The fourth-order valence-electron chi connectivity index (χ4n) is 4.07. The maximum absolute atomic E-state index is 10.5. The maximum atomic E-state index is 10.5. The second-order valence-electron chi connectivity index (χ2n) is 8.93. The van der Waals surface area contributed by atoms with E-state index in [1.807, 2.05) is 0 Å². The number of unbranched alkanes of at least 4 members (excludes halogenated alkanes) is 8. The third-order valence-electron chi connectivity index (χ3n) is 6.23. The first kappa shape index (κ1) is 29.1. The van der Waals surface area contributed by atoms with Gasteiger partial charge in [0.25, 0.3) is 0 Å². The number of aliphatic hydroxyl groups is 7. The number of ether oxygens (including phenoxy) is 4. The molecule has 0 spiro atoms. The van der Waals surface area contributed by atoms with Crippen LogP contribution in [0, 0.1) is 0 Å². The molecule has 34 heavy (non-hydrogen) atoms. The van der Waals surface area contributed by atoms with Gasteiger partial charge >= 0.3 is 5.95 Å². The average Bonchev–Trinajstić information content (AvgIpc) is 2.84. The van der Waals surface area contributed by atoms with Gasteiger partial charge in [0.2, 0.25) is 5.76 Å². The van der Waals surface area contributed by atoms with Gasteiger partial charge in [0.05, 0.1) is 19.8 Å². The summed E-state index contributed by atoms with van der Waals surface area (Å²) >= 11 is 0. The lowest BCUT2D eigenvalue weighted by atomic mass is 9.98. The highest BCUT2D eigenvalue weighted by Gasteiger charge is 2.49. The van der Waals surface area contributed by atoms with Crippen LogP contribution in [-0.2, 0) is 18.9 Å². The van der Waals surface area contributed by atoms with Gasteiger partial charge in [-0.05, 0) is 6.42 Å².